The molecule has 4 heteroatoms. The van der Waals surface area contributed by atoms with Gasteiger partial charge in [-0.25, -0.2) is 0 Å². The van der Waals surface area contributed by atoms with E-state index >= 15 is 0 Å². The molecule has 0 aromatic heterocycles. The Balaban J connectivity index is -0.0000000450. The van der Waals surface area contributed by atoms with Gasteiger partial charge in [0.25, 0.3) is 0 Å². The molecule has 0 radical (unpaired) electrons. The molecular weight excluding hydrogens is 131 g/mol. The third kappa shape index (κ3) is 16.9. The maximum Gasteiger partial charge on any atom is 1.00 e. The number of rotatable bonds is 1. The van der Waals surface area contributed by atoms with Gasteiger partial charge in [0.1, 0.15) is 0 Å². The van der Waals surface area contributed by atoms with Crippen molar-refractivity contribution in [1.82, 2.24) is 0 Å². The summed E-state index contributed by atoms with van der Waals surface area (Å²) in [5.41, 5.74) is 0. The first-order chi connectivity index (χ1) is 1.91. The van der Waals surface area contributed by atoms with E-state index in [0.29, 0.717) is 0 Å². The van der Waals surface area contributed by atoms with Crippen molar-refractivity contribution in [1.29, 1.82) is 0 Å². The van der Waals surface area contributed by atoms with Gasteiger partial charge in [-0.1, -0.05) is 0 Å². The average molecular weight is 137 g/mol. The van der Waals surface area contributed by atoms with E-state index in [9.17, 15) is 0 Å². The molecule has 0 heterocycles. The van der Waals surface area contributed by atoms with Crippen LogP contribution in [0.5, 0.6) is 0 Å². The molecule has 6 heavy (non-hydrogen) atoms. The van der Waals surface area contributed by atoms with Crippen molar-refractivity contribution in [3.8, 4) is 0 Å². The SMILES string of the molecule is OCCO.[Cl-].[K+]. The minimum absolute atomic E-state index is 0. The van der Waals surface area contributed by atoms with E-state index in [2.05, 4.69) is 0 Å². The molecular formula is C2H6ClKO2. The Morgan fingerprint density at radius 2 is 1.17 bits per heavy atom. The second-order valence-corrected chi connectivity index (χ2v) is 0.447. The Hall–Kier alpha value is 1.85. The molecule has 0 amide bonds. The number of halogens is 1. The van der Waals surface area contributed by atoms with Gasteiger partial charge in [0.15, 0.2) is 0 Å². The molecule has 2 N–H and O–H groups in total. The third-order valence-electron chi connectivity index (χ3n) is 0.1000. The van der Waals surface area contributed by atoms with Crippen molar-refractivity contribution in [2.45, 2.75) is 0 Å². The number of aliphatic hydroxyl groups is 2. The van der Waals surface area contributed by atoms with Gasteiger partial charge in [-0.2, -0.15) is 0 Å². The summed E-state index contributed by atoms with van der Waals surface area (Å²) >= 11 is 0. The minimum Gasteiger partial charge on any atom is -1.00 e. The molecule has 0 aromatic rings. The molecule has 0 saturated carbocycles. The monoisotopic (exact) mass is 136 g/mol. The van der Waals surface area contributed by atoms with E-state index in [0.717, 1.165) is 0 Å². The van der Waals surface area contributed by atoms with Gasteiger partial charge in [-0.15, -0.1) is 0 Å². The molecule has 0 saturated heterocycles. The van der Waals surface area contributed by atoms with Crippen LogP contribution in [0, 0.1) is 0 Å². The Labute approximate surface area is 85.8 Å². The predicted molar refractivity (Wildman–Crippen MR) is 14.2 cm³/mol. The summed E-state index contributed by atoms with van der Waals surface area (Å²) in [7, 11) is 0. The van der Waals surface area contributed by atoms with Crippen LogP contribution in [0.25, 0.3) is 0 Å². The smallest absolute Gasteiger partial charge is 1.00 e. The second-order valence-electron chi connectivity index (χ2n) is 0.447. The normalized spacial score (nSPS) is 5.00. The summed E-state index contributed by atoms with van der Waals surface area (Å²) in [4.78, 5) is 0. The number of aliphatic hydroxyl groups excluding tert-OH is 2. The summed E-state index contributed by atoms with van der Waals surface area (Å²) in [5, 5.41) is 15.2. The Bertz CT molecular complexity index is 13.5. The molecule has 0 aliphatic carbocycles. The molecule has 0 unspecified atom stereocenters. The van der Waals surface area contributed by atoms with Crippen LogP contribution < -0.4 is 63.8 Å². The molecule has 34 valence electrons. The van der Waals surface area contributed by atoms with Crippen molar-refractivity contribution in [2.24, 2.45) is 0 Å². The van der Waals surface area contributed by atoms with Crippen LogP contribution in [-0.4, -0.2) is 23.4 Å². The van der Waals surface area contributed by atoms with Crippen molar-refractivity contribution in [2.75, 3.05) is 13.2 Å². The topological polar surface area (TPSA) is 40.5 Å². The molecule has 2 nitrogen and oxygen atoms in total. The zero-order valence-corrected chi connectivity index (χ0v) is 7.57. The minimum atomic E-state index is -0.125. The third-order valence-corrected chi connectivity index (χ3v) is 0.1000. The van der Waals surface area contributed by atoms with Gasteiger partial charge in [-0.05, 0) is 0 Å². The molecule has 0 atom stereocenters. The van der Waals surface area contributed by atoms with Crippen molar-refractivity contribution < 1.29 is 74.0 Å². The first-order valence-electron chi connectivity index (χ1n) is 1.13. The van der Waals surface area contributed by atoms with E-state index in [1.807, 2.05) is 0 Å². The van der Waals surface area contributed by atoms with Crippen molar-refractivity contribution in [3.63, 3.8) is 0 Å². The van der Waals surface area contributed by atoms with Crippen LogP contribution in [-0.2, 0) is 0 Å². The zero-order chi connectivity index (χ0) is 3.41. The van der Waals surface area contributed by atoms with Gasteiger partial charge in [0, 0.05) is 0 Å². The van der Waals surface area contributed by atoms with E-state index in [1.54, 1.807) is 0 Å². The molecule has 0 aromatic carbocycles. The summed E-state index contributed by atoms with van der Waals surface area (Å²) in [6, 6.07) is 0. The average Bonchev–Trinajstić information content (AvgIpc) is 1.37. The van der Waals surface area contributed by atoms with E-state index < -0.39 is 0 Å². The fourth-order valence-corrected chi connectivity index (χ4v) is 0. The molecule has 0 bridgehead atoms. The van der Waals surface area contributed by atoms with Crippen molar-refractivity contribution >= 4 is 0 Å². The van der Waals surface area contributed by atoms with Crippen LogP contribution in [0.1, 0.15) is 0 Å². The number of hydrogen-bond donors (Lipinski definition) is 2. The molecule has 0 aliphatic heterocycles. The summed E-state index contributed by atoms with van der Waals surface area (Å²) < 4.78 is 0. The van der Waals surface area contributed by atoms with Crippen LogP contribution in [0.4, 0.5) is 0 Å². The zero-order valence-electron chi connectivity index (χ0n) is 3.69. The first-order valence-corrected chi connectivity index (χ1v) is 1.13. The van der Waals surface area contributed by atoms with Crippen LogP contribution in [0.2, 0.25) is 0 Å². The fourth-order valence-electron chi connectivity index (χ4n) is 0. The molecule has 0 spiro atoms. The van der Waals surface area contributed by atoms with Gasteiger partial charge in [-0.3, -0.25) is 0 Å². The second kappa shape index (κ2) is 15.8. The summed E-state index contributed by atoms with van der Waals surface area (Å²) in [6.07, 6.45) is 0. The molecule has 0 fully saturated rings. The Morgan fingerprint density at radius 3 is 1.17 bits per heavy atom. The maximum absolute atomic E-state index is 7.62. The van der Waals surface area contributed by atoms with E-state index in [1.165, 1.54) is 0 Å². The van der Waals surface area contributed by atoms with Gasteiger partial charge in [0.05, 0.1) is 13.2 Å². The van der Waals surface area contributed by atoms with Crippen LogP contribution >= 0.6 is 0 Å². The van der Waals surface area contributed by atoms with Gasteiger partial charge in [0.2, 0.25) is 0 Å². The summed E-state index contributed by atoms with van der Waals surface area (Å²) in [5.74, 6) is 0. The predicted octanol–water partition coefficient (Wildman–Crippen LogP) is -7.02. The standard InChI is InChI=1S/C2H6O2.ClH.K/c3-1-2-4;;/h3-4H,1-2H2;1H;/q;;+1/p-1. The summed E-state index contributed by atoms with van der Waals surface area (Å²) in [6.45, 7) is -0.250. The fraction of sp³-hybridized carbons (Fsp3) is 1.00. The largest absolute Gasteiger partial charge is 1.00 e. The van der Waals surface area contributed by atoms with Crippen LogP contribution in [0.15, 0.2) is 0 Å². The maximum atomic E-state index is 7.62. The Kier molecular flexibility index (Phi) is 41.3. The van der Waals surface area contributed by atoms with Crippen molar-refractivity contribution in [3.05, 3.63) is 0 Å². The number of hydrogen-bond acceptors (Lipinski definition) is 2. The molecule has 0 aliphatic rings. The Morgan fingerprint density at radius 1 is 1.00 bits per heavy atom. The van der Waals surface area contributed by atoms with E-state index in [-0.39, 0.29) is 77.0 Å². The quantitative estimate of drug-likeness (QED) is 0.352. The van der Waals surface area contributed by atoms with Gasteiger partial charge < -0.3 is 22.6 Å². The van der Waals surface area contributed by atoms with Crippen LogP contribution in [0.3, 0.4) is 0 Å². The first kappa shape index (κ1) is 15.7. The van der Waals surface area contributed by atoms with Gasteiger partial charge >= 0.3 is 51.4 Å². The van der Waals surface area contributed by atoms with E-state index in [4.69, 9.17) is 10.2 Å². The molecule has 0 rings (SSSR count).